The van der Waals surface area contributed by atoms with Gasteiger partial charge in [-0.05, 0) is 6.42 Å². The fraction of sp³-hybridized carbons (Fsp3) is 0.385. The van der Waals surface area contributed by atoms with Gasteiger partial charge in [0.2, 0.25) is 0 Å². The minimum atomic E-state index is -1.69. The van der Waals surface area contributed by atoms with Gasteiger partial charge in [-0.15, -0.1) is 0 Å². The molecule has 1 amide bonds. The second-order valence-electron chi connectivity index (χ2n) is 4.57. The molecule has 13 heteroatoms. The van der Waals surface area contributed by atoms with E-state index >= 15 is 0 Å². The summed E-state index contributed by atoms with van der Waals surface area (Å²) in [5, 5.41) is 28.6. The number of carbonyl (C=O) groups excluding carboxylic acids is 4. The van der Waals surface area contributed by atoms with Crippen LogP contribution in [0.5, 0.6) is 0 Å². The first-order valence-electron chi connectivity index (χ1n) is 6.94. The molecule has 1 rings (SSSR count). The molecular weight excluding hydrogens is 354 g/mol. The number of amides is 1. The monoisotopic (exact) mass is 371 g/mol. The summed E-state index contributed by atoms with van der Waals surface area (Å²) in [6.07, 6.45) is -2.09. The summed E-state index contributed by atoms with van der Waals surface area (Å²) in [5.74, 6) is -3.51. The summed E-state index contributed by atoms with van der Waals surface area (Å²) in [7, 11) is 0. The average Bonchev–Trinajstić information content (AvgIpc) is 2.59. The van der Waals surface area contributed by atoms with Crippen LogP contribution >= 0.6 is 0 Å². The minimum Gasteiger partial charge on any atom is -0.479 e. The van der Waals surface area contributed by atoms with Gasteiger partial charge in [0.15, 0.2) is 34.9 Å². The van der Waals surface area contributed by atoms with Gasteiger partial charge in [0.1, 0.15) is 0 Å². The number of aliphatic carboxylic acids is 1. The van der Waals surface area contributed by atoms with E-state index in [1.807, 2.05) is 0 Å². The summed E-state index contributed by atoms with van der Waals surface area (Å²) in [6.45, 7) is -0.301. The SMILES string of the molecule is Nc1nc(C(=O)NCCO)c(N)nc1C(=O)CC[C@H](O)C(=O)O.O=C=O. The molecule has 13 nitrogen and oxygen atoms in total. The number of aromatic nitrogens is 2. The van der Waals surface area contributed by atoms with Crippen LogP contribution in [0.3, 0.4) is 0 Å². The molecule has 0 aliphatic carbocycles. The Morgan fingerprint density at radius 2 is 1.62 bits per heavy atom. The molecule has 0 saturated heterocycles. The van der Waals surface area contributed by atoms with Crippen LogP contribution in [0.25, 0.3) is 0 Å². The van der Waals surface area contributed by atoms with Gasteiger partial charge in [0.25, 0.3) is 5.91 Å². The van der Waals surface area contributed by atoms with E-state index in [-0.39, 0.29) is 55.2 Å². The molecule has 0 aliphatic heterocycles. The van der Waals surface area contributed by atoms with Crippen molar-refractivity contribution < 1.29 is 39.3 Å². The van der Waals surface area contributed by atoms with Gasteiger partial charge in [0.05, 0.1) is 6.61 Å². The fourth-order valence-corrected chi connectivity index (χ4v) is 1.60. The summed E-state index contributed by atoms with van der Waals surface area (Å²) in [5.41, 5.74) is 10.5. The van der Waals surface area contributed by atoms with Crippen LogP contribution in [0.1, 0.15) is 33.8 Å². The Labute approximate surface area is 146 Å². The van der Waals surface area contributed by atoms with Crippen molar-refractivity contribution in [3.05, 3.63) is 11.4 Å². The molecular formula is C13H17N5O8. The van der Waals surface area contributed by atoms with E-state index in [2.05, 4.69) is 15.3 Å². The number of carboxylic acids is 1. The van der Waals surface area contributed by atoms with Crippen molar-refractivity contribution in [2.75, 3.05) is 24.6 Å². The average molecular weight is 371 g/mol. The number of nitrogens with zero attached hydrogens (tertiary/aromatic N) is 2. The molecule has 8 N–H and O–H groups in total. The van der Waals surface area contributed by atoms with Crippen molar-refractivity contribution in [1.82, 2.24) is 15.3 Å². The van der Waals surface area contributed by atoms with Crippen molar-refractivity contribution in [3.8, 4) is 0 Å². The second-order valence-corrected chi connectivity index (χ2v) is 4.57. The standard InChI is InChI=1S/C12H17N5O6.CO2/c13-9-7(5(19)1-2-6(20)12(22)23)16-10(14)8(17-9)11(21)15-3-4-18;2-1-3/h6,18,20H,1-4H2,(H2,13,17)(H2,14,16)(H,15,21)(H,22,23);/t6-;/m0./s1. The Hall–Kier alpha value is -3.41. The zero-order valence-electron chi connectivity index (χ0n) is 13.3. The molecule has 1 aromatic rings. The van der Waals surface area contributed by atoms with Crippen molar-refractivity contribution in [2.24, 2.45) is 0 Å². The van der Waals surface area contributed by atoms with Gasteiger partial charge < -0.3 is 32.1 Å². The number of aliphatic hydroxyl groups is 2. The third-order valence-electron chi connectivity index (χ3n) is 2.76. The highest BCUT2D eigenvalue weighted by molar-refractivity contribution is 6.01. The van der Waals surface area contributed by atoms with Crippen molar-refractivity contribution in [2.45, 2.75) is 18.9 Å². The molecule has 0 aliphatic rings. The number of nitrogens with two attached hydrogens (primary N) is 2. The highest BCUT2D eigenvalue weighted by atomic mass is 16.4. The molecule has 1 heterocycles. The lowest BCUT2D eigenvalue weighted by Crippen LogP contribution is -2.29. The van der Waals surface area contributed by atoms with Gasteiger partial charge in [-0.1, -0.05) is 0 Å². The molecule has 1 aromatic heterocycles. The normalized spacial score (nSPS) is 10.7. The molecule has 0 unspecified atom stereocenters. The molecule has 0 saturated carbocycles. The third-order valence-corrected chi connectivity index (χ3v) is 2.76. The van der Waals surface area contributed by atoms with Gasteiger partial charge >= 0.3 is 12.1 Å². The number of nitrogens with one attached hydrogen (secondary N) is 1. The lowest BCUT2D eigenvalue weighted by atomic mass is 10.1. The molecule has 0 fully saturated rings. The van der Waals surface area contributed by atoms with Gasteiger partial charge in [-0.2, -0.15) is 9.59 Å². The number of anilines is 2. The molecule has 0 aromatic carbocycles. The van der Waals surface area contributed by atoms with Crippen LogP contribution < -0.4 is 16.8 Å². The Bertz CT molecular complexity index is 702. The molecule has 26 heavy (non-hydrogen) atoms. The first-order valence-corrected chi connectivity index (χ1v) is 6.94. The summed E-state index contributed by atoms with van der Waals surface area (Å²) in [6, 6.07) is 0. The van der Waals surface area contributed by atoms with E-state index < -0.39 is 23.8 Å². The number of hydrogen-bond donors (Lipinski definition) is 6. The summed E-state index contributed by atoms with van der Waals surface area (Å²) >= 11 is 0. The minimum absolute atomic E-state index is 0.0202. The van der Waals surface area contributed by atoms with E-state index in [1.165, 1.54) is 0 Å². The first kappa shape index (κ1) is 22.6. The van der Waals surface area contributed by atoms with Crippen LogP contribution in [-0.4, -0.2) is 68.4 Å². The van der Waals surface area contributed by atoms with Crippen LogP contribution in [-0.2, 0) is 14.4 Å². The summed E-state index contributed by atoms with van der Waals surface area (Å²) < 4.78 is 0. The third kappa shape index (κ3) is 7.00. The van der Waals surface area contributed by atoms with Crippen LogP contribution in [0, 0.1) is 0 Å². The predicted molar refractivity (Wildman–Crippen MR) is 82.5 cm³/mol. The second kappa shape index (κ2) is 11.2. The topological polar surface area (TPSA) is 236 Å². The van der Waals surface area contributed by atoms with Gasteiger partial charge in [-0.3, -0.25) is 9.59 Å². The highest BCUT2D eigenvalue weighted by Gasteiger charge is 2.22. The number of rotatable bonds is 8. The zero-order valence-corrected chi connectivity index (χ0v) is 13.3. The maximum absolute atomic E-state index is 11.9. The highest BCUT2D eigenvalue weighted by Crippen LogP contribution is 2.16. The van der Waals surface area contributed by atoms with E-state index in [0.717, 1.165) is 0 Å². The van der Waals surface area contributed by atoms with Gasteiger partial charge in [0, 0.05) is 13.0 Å². The number of carbonyl (C=O) groups is 3. The van der Waals surface area contributed by atoms with Crippen LogP contribution in [0.15, 0.2) is 0 Å². The van der Waals surface area contributed by atoms with Gasteiger partial charge in [-0.25, -0.2) is 14.8 Å². The molecule has 0 bridgehead atoms. The van der Waals surface area contributed by atoms with Crippen molar-refractivity contribution in [1.29, 1.82) is 0 Å². The lowest BCUT2D eigenvalue weighted by Gasteiger charge is -2.09. The fourth-order valence-electron chi connectivity index (χ4n) is 1.60. The van der Waals surface area contributed by atoms with Crippen LogP contribution in [0.2, 0.25) is 0 Å². The number of Topliss-reactive ketones (excluding diaryl/α,β-unsaturated/α-hetero) is 1. The number of ketones is 1. The summed E-state index contributed by atoms with van der Waals surface area (Å²) in [4.78, 5) is 57.8. The Morgan fingerprint density at radius 1 is 1.12 bits per heavy atom. The Morgan fingerprint density at radius 3 is 2.12 bits per heavy atom. The number of nitrogen functional groups attached to an aromatic ring is 2. The van der Waals surface area contributed by atoms with E-state index in [0.29, 0.717) is 0 Å². The van der Waals surface area contributed by atoms with Crippen LogP contribution in [0.4, 0.5) is 11.6 Å². The molecule has 0 radical (unpaired) electrons. The maximum atomic E-state index is 11.9. The maximum Gasteiger partial charge on any atom is 0.373 e. The van der Waals surface area contributed by atoms with E-state index in [4.69, 9.17) is 36.4 Å². The van der Waals surface area contributed by atoms with E-state index in [1.54, 1.807) is 0 Å². The number of hydrogen-bond acceptors (Lipinski definition) is 11. The lowest BCUT2D eigenvalue weighted by molar-refractivity contribution is -0.191. The Kier molecular flexibility index (Phi) is 9.73. The first-order chi connectivity index (χ1) is 12.2. The smallest absolute Gasteiger partial charge is 0.373 e. The number of carboxylic acid groups (broad SMARTS) is 1. The predicted octanol–water partition coefficient (Wildman–Crippen LogP) is -2.81. The van der Waals surface area contributed by atoms with Crippen molar-refractivity contribution >= 4 is 35.4 Å². The van der Waals surface area contributed by atoms with E-state index in [9.17, 15) is 14.4 Å². The number of aliphatic hydroxyl groups excluding tert-OH is 2. The molecule has 1 atom stereocenters. The molecule has 142 valence electrons. The Balaban J connectivity index is 0.00000194. The largest absolute Gasteiger partial charge is 0.479 e. The molecule has 0 spiro atoms. The van der Waals surface area contributed by atoms with Crippen molar-refractivity contribution in [3.63, 3.8) is 0 Å². The zero-order chi connectivity index (χ0) is 20.3. The quantitative estimate of drug-likeness (QED) is 0.254.